The van der Waals surface area contributed by atoms with Crippen molar-refractivity contribution >= 4 is 0 Å². The van der Waals surface area contributed by atoms with Gasteiger partial charge in [0.15, 0.2) is 0 Å². The van der Waals surface area contributed by atoms with Crippen molar-refractivity contribution in [1.82, 2.24) is 20.1 Å². The van der Waals surface area contributed by atoms with Crippen LogP contribution in [0.1, 0.15) is 26.1 Å². The Hall–Kier alpha value is -0.940. The van der Waals surface area contributed by atoms with Crippen molar-refractivity contribution in [3.63, 3.8) is 0 Å². The lowest BCUT2D eigenvalue weighted by molar-refractivity contribution is 0.0574. The van der Waals surface area contributed by atoms with Gasteiger partial charge in [-0.2, -0.15) is 5.10 Å². The maximum atomic E-state index is 10.1. The van der Waals surface area contributed by atoms with Gasteiger partial charge in [0.1, 0.15) is 12.2 Å². The number of nitrogens with one attached hydrogen (secondary N) is 1. The molecule has 0 bridgehead atoms. The normalized spacial score (nSPS) is 15.2. The van der Waals surface area contributed by atoms with Crippen molar-refractivity contribution in [1.29, 1.82) is 0 Å². The number of nitrogens with zero attached hydrogens (tertiary/aromatic N) is 3. The molecule has 1 aromatic heterocycles. The molecule has 0 amide bonds. The molecule has 1 rings (SSSR count). The van der Waals surface area contributed by atoms with Gasteiger partial charge in [-0.15, -0.1) is 0 Å². The minimum Gasteiger partial charge on any atom is -0.388 e. The highest BCUT2D eigenvalue weighted by molar-refractivity contribution is 4.93. The van der Waals surface area contributed by atoms with E-state index in [1.54, 1.807) is 4.68 Å². The third kappa shape index (κ3) is 3.97. The minimum absolute atomic E-state index is 0.514. The van der Waals surface area contributed by atoms with E-state index in [9.17, 15) is 5.11 Å². The van der Waals surface area contributed by atoms with Gasteiger partial charge in [0.05, 0.1) is 5.60 Å². The molecule has 0 radical (unpaired) electrons. The van der Waals surface area contributed by atoms with Gasteiger partial charge in [0.25, 0.3) is 0 Å². The van der Waals surface area contributed by atoms with Gasteiger partial charge in [-0.25, -0.2) is 4.98 Å². The van der Waals surface area contributed by atoms with Crippen molar-refractivity contribution in [2.45, 2.75) is 32.3 Å². The molecule has 86 valence electrons. The Morgan fingerprint density at radius 2 is 2.33 bits per heavy atom. The monoisotopic (exact) mass is 212 g/mol. The summed E-state index contributed by atoms with van der Waals surface area (Å²) in [6.45, 7) is 5.41. The summed E-state index contributed by atoms with van der Waals surface area (Å²) in [7, 11) is 1.83. The molecular formula is C10H20N4O. The fourth-order valence-electron chi connectivity index (χ4n) is 1.42. The lowest BCUT2D eigenvalue weighted by Crippen LogP contribution is -2.40. The molecule has 1 atom stereocenters. The standard InChI is InChI=1S/C10H20N4O/c1-4-5-11-7-10(2,15)6-9-12-8-13-14(9)3/h8,11,15H,4-7H2,1-3H3. The number of hydrogen-bond donors (Lipinski definition) is 2. The molecule has 0 aliphatic carbocycles. The quantitative estimate of drug-likeness (QED) is 0.657. The molecule has 0 aliphatic rings. The van der Waals surface area contributed by atoms with Crippen LogP contribution >= 0.6 is 0 Å². The first-order chi connectivity index (χ1) is 7.05. The topological polar surface area (TPSA) is 63.0 Å². The van der Waals surface area contributed by atoms with E-state index in [0.717, 1.165) is 18.8 Å². The van der Waals surface area contributed by atoms with Crippen molar-refractivity contribution in [2.24, 2.45) is 7.05 Å². The van der Waals surface area contributed by atoms with Gasteiger partial charge in [0.2, 0.25) is 0 Å². The van der Waals surface area contributed by atoms with Crippen LogP contribution in [0.4, 0.5) is 0 Å². The highest BCUT2D eigenvalue weighted by atomic mass is 16.3. The second-order valence-electron chi connectivity index (χ2n) is 4.15. The molecule has 0 saturated carbocycles. The predicted octanol–water partition coefficient (Wildman–Crippen LogP) is 0.108. The number of hydrogen-bond acceptors (Lipinski definition) is 4. The fourth-order valence-corrected chi connectivity index (χ4v) is 1.42. The third-order valence-electron chi connectivity index (χ3n) is 2.28. The van der Waals surface area contributed by atoms with E-state index >= 15 is 0 Å². The summed E-state index contributed by atoms with van der Waals surface area (Å²) in [6.07, 6.45) is 3.09. The van der Waals surface area contributed by atoms with E-state index in [-0.39, 0.29) is 0 Å². The highest BCUT2D eigenvalue weighted by Crippen LogP contribution is 2.09. The molecule has 1 unspecified atom stereocenters. The summed E-state index contributed by atoms with van der Waals surface area (Å²) in [6, 6.07) is 0. The predicted molar refractivity (Wildman–Crippen MR) is 58.5 cm³/mol. The van der Waals surface area contributed by atoms with Crippen LogP contribution < -0.4 is 5.32 Å². The second-order valence-corrected chi connectivity index (χ2v) is 4.15. The van der Waals surface area contributed by atoms with E-state index in [2.05, 4.69) is 22.3 Å². The lowest BCUT2D eigenvalue weighted by atomic mass is 10.0. The SMILES string of the molecule is CCCNCC(C)(O)Cc1ncnn1C. The number of aromatic nitrogens is 3. The van der Waals surface area contributed by atoms with E-state index < -0.39 is 5.60 Å². The fraction of sp³-hybridized carbons (Fsp3) is 0.800. The van der Waals surface area contributed by atoms with E-state index in [1.165, 1.54) is 6.33 Å². The average Bonchev–Trinajstić information content (AvgIpc) is 2.51. The molecule has 1 heterocycles. The minimum atomic E-state index is -0.768. The largest absolute Gasteiger partial charge is 0.388 e. The Morgan fingerprint density at radius 1 is 1.60 bits per heavy atom. The first-order valence-electron chi connectivity index (χ1n) is 5.31. The van der Waals surface area contributed by atoms with Crippen molar-refractivity contribution < 1.29 is 5.11 Å². The van der Waals surface area contributed by atoms with Crippen LogP contribution in [0.3, 0.4) is 0 Å². The smallest absolute Gasteiger partial charge is 0.138 e. The molecule has 15 heavy (non-hydrogen) atoms. The molecule has 0 fully saturated rings. The Balaban J connectivity index is 2.45. The van der Waals surface area contributed by atoms with Crippen molar-refractivity contribution in [2.75, 3.05) is 13.1 Å². The summed E-state index contributed by atoms with van der Waals surface area (Å²) < 4.78 is 1.69. The summed E-state index contributed by atoms with van der Waals surface area (Å²) in [5.41, 5.74) is -0.768. The summed E-state index contributed by atoms with van der Waals surface area (Å²) in [5, 5.41) is 17.3. The third-order valence-corrected chi connectivity index (χ3v) is 2.28. The van der Waals surface area contributed by atoms with Gasteiger partial charge in [0, 0.05) is 20.0 Å². The van der Waals surface area contributed by atoms with Gasteiger partial charge in [-0.3, -0.25) is 4.68 Å². The molecule has 0 aliphatic heterocycles. The van der Waals surface area contributed by atoms with Crippen molar-refractivity contribution in [3.05, 3.63) is 12.2 Å². The zero-order valence-corrected chi connectivity index (χ0v) is 9.69. The Labute approximate surface area is 90.5 Å². The summed E-state index contributed by atoms with van der Waals surface area (Å²) in [5.74, 6) is 0.804. The zero-order chi connectivity index (χ0) is 11.3. The molecule has 5 nitrogen and oxygen atoms in total. The highest BCUT2D eigenvalue weighted by Gasteiger charge is 2.22. The molecule has 1 aromatic rings. The van der Waals surface area contributed by atoms with Crippen LogP contribution in [0, 0.1) is 0 Å². The molecule has 0 aromatic carbocycles. The maximum absolute atomic E-state index is 10.1. The Kier molecular flexibility index (Phi) is 4.23. The summed E-state index contributed by atoms with van der Waals surface area (Å²) >= 11 is 0. The lowest BCUT2D eigenvalue weighted by Gasteiger charge is -2.22. The van der Waals surface area contributed by atoms with E-state index in [1.807, 2.05) is 14.0 Å². The maximum Gasteiger partial charge on any atom is 0.138 e. The van der Waals surface area contributed by atoms with Gasteiger partial charge in [-0.1, -0.05) is 6.92 Å². The average molecular weight is 212 g/mol. The summed E-state index contributed by atoms with van der Waals surface area (Å²) in [4.78, 5) is 4.09. The molecule has 2 N–H and O–H groups in total. The van der Waals surface area contributed by atoms with Crippen LogP contribution in [-0.2, 0) is 13.5 Å². The van der Waals surface area contributed by atoms with E-state index in [4.69, 9.17) is 0 Å². The number of aryl methyl sites for hydroxylation is 1. The second kappa shape index (κ2) is 5.23. The first kappa shape index (κ1) is 12.1. The van der Waals surface area contributed by atoms with Gasteiger partial charge in [-0.05, 0) is 19.9 Å². The van der Waals surface area contributed by atoms with Gasteiger partial charge < -0.3 is 10.4 Å². The van der Waals surface area contributed by atoms with Crippen LogP contribution in [0.25, 0.3) is 0 Å². The molecule has 5 heteroatoms. The van der Waals surface area contributed by atoms with Crippen LogP contribution in [0.2, 0.25) is 0 Å². The molecular weight excluding hydrogens is 192 g/mol. The Morgan fingerprint density at radius 3 is 2.87 bits per heavy atom. The van der Waals surface area contributed by atoms with E-state index in [0.29, 0.717) is 13.0 Å². The van der Waals surface area contributed by atoms with Crippen LogP contribution in [0.5, 0.6) is 0 Å². The zero-order valence-electron chi connectivity index (χ0n) is 9.69. The van der Waals surface area contributed by atoms with Gasteiger partial charge >= 0.3 is 0 Å². The number of aliphatic hydroxyl groups is 1. The van der Waals surface area contributed by atoms with Crippen LogP contribution in [0.15, 0.2) is 6.33 Å². The van der Waals surface area contributed by atoms with Crippen LogP contribution in [-0.4, -0.2) is 38.6 Å². The molecule has 0 saturated heterocycles. The molecule has 0 spiro atoms. The Bertz CT molecular complexity index is 295. The number of rotatable bonds is 6. The van der Waals surface area contributed by atoms with Crippen molar-refractivity contribution in [3.8, 4) is 0 Å². The first-order valence-corrected chi connectivity index (χ1v) is 5.31.